The maximum atomic E-state index is 12.5. The Morgan fingerprint density at radius 2 is 1.88 bits per heavy atom. The summed E-state index contributed by atoms with van der Waals surface area (Å²) in [5, 5.41) is 7.99. The fourth-order valence-electron chi connectivity index (χ4n) is 2.25. The molecule has 0 bridgehead atoms. The Balaban J connectivity index is 1.83. The summed E-state index contributed by atoms with van der Waals surface area (Å²) in [4.78, 5) is 24.6. The number of nitrogens with zero attached hydrogens (tertiary/aromatic N) is 3. The van der Waals surface area contributed by atoms with Gasteiger partial charge in [0.25, 0.3) is 15.6 Å². The number of benzene rings is 1. The Morgan fingerprint density at radius 3 is 2.46 bits per heavy atom. The van der Waals surface area contributed by atoms with Gasteiger partial charge in [-0.2, -0.15) is 4.68 Å². The van der Waals surface area contributed by atoms with Crippen LogP contribution in [0.4, 0.5) is 4.79 Å². The Hall–Kier alpha value is -2.40. The summed E-state index contributed by atoms with van der Waals surface area (Å²) in [6.45, 7) is 1.82. The summed E-state index contributed by atoms with van der Waals surface area (Å²) in [6.07, 6.45) is 3.35. The predicted octanol–water partition coefficient (Wildman–Crippen LogP) is 1.19. The number of hydrogen-bond acceptors (Lipinski definition) is 7. The van der Waals surface area contributed by atoms with Crippen LogP contribution in [0.15, 0.2) is 39.1 Å². The van der Waals surface area contributed by atoms with E-state index in [-0.39, 0.29) is 21.7 Å². The molecule has 2 amide bonds. The molecule has 0 atom stereocenters. The minimum absolute atomic E-state index is 0.0401. The van der Waals surface area contributed by atoms with E-state index in [9.17, 15) is 18.0 Å². The van der Waals surface area contributed by atoms with E-state index in [4.69, 9.17) is 0 Å². The first-order valence-corrected chi connectivity index (χ1v) is 10.5. The second-order valence-corrected chi connectivity index (χ2v) is 8.30. The Kier molecular flexibility index (Phi) is 5.01. The van der Waals surface area contributed by atoms with Crippen LogP contribution in [0.2, 0.25) is 0 Å². The van der Waals surface area contributed by atoms with Gasteiger partial charge >= 0.3 is 6.03 Å². The van der Waals surface area contributed by atoms with Crippen molar-refractivity contribution in [1.82, 2.24) is 19.6 Å². The summed E-state index contributed by atoms with van der Waals surface area (Å²) in [6, 6.07) is 4.97. The van der Waals surface area contributed by atoms with Crippen LogP contribution in [0.5, 0.6) is 0 Å². The van der Waals surface area contributed by atoms with E-state index in [1.165, 1.54) is 12.1 Å². The number of aromatic nitrogens is 3. The first kappa shape index (κ1) is 18.4. The van der Waals surface area contributed by atoms with Crippen molar-refractivity contribution < 1.29 is 13.2 Å². The van der Waals surface area contributed by atoms with Gasteiger partial charge in [-0.25, -0.2) is 23.4 Å². The molecule has 3 rings (SSSR count). The molecule has 0 unspecified atom stereocenters. The van der Waals surface area contributed by atoms with E-state index in [0.29, 0.717) is 0 Å². The summed E-state index contributed by atoms with van der Waals surface area (Å²) in [5.74, 6) is 0.0401. The van der Waals surface area contributed by atoms with Crippen molar-refractivity contribution in [2.24, 2.45) is 0 Å². The fourth-order valence-corrected chi connectivity index (χ4v) is 3.59. The molecular formula is C15H17N5O4S2. The number of rotatable bonds is 5. The predicted molar refractivity (Wildman–Crippen MR) is 96.3 cm³/mol. The maximum Gasteiger partial charge on any atom is 0.347 e. The standard InChI is InChI=1S/C15H17N5O4S2/c1-9-3-7-11(8-4-9)26(23,24)19-14(22)18-20-13(21)12(10-5-6-10)16-17-15(20)25-2/h3-4,7-8,10H,5-6H2,1-2H3,(H2,18,19,22). The summed E-state index contributed by atoms with van der Waals surface area (Å²) in [7, 11) is -4.06. The molecule has 1 fully saturated rings. The number of aryl methyl sites for hydroxylation is 1. The van der Waals surface area contributed by atoms with E-state index in [0.717, 1.165) is 34.8 Å². The van der Waals surface area contributed by atoms with Gasteiger partial charge in [0, 0.05) is 5.92 Å². The third-order valence-electron chi connectivity index (χ3n) is 3.78. The zero-order chi connectivity index (χ0) is 18.9. The molecule has 138 valence electrons. The number of carbonyl (C=O) groups is 1. The summed E-state index contributed by atoms with van der Waals surface area (Å²) >= 11 is 1.11. The maximum absolute atomic E-state index is 12.5. The second kappa shape index (κ2) is 7.08. The summed E-state index contributed by atoms with van der Waals surface area (Å²) < 4.78 is 27.4. The molecule has 2 aromatic rings. The molecule has 0 aliphatic heterocycles. The molecule has 0 spiro atoms. The van der Waals surface area contributed by atoms with Crippen LogP contribution in [0, 0.1) is 6.92 Å². The molecule has 1 heterocycles. The van der Waals surface area contributed by atoms with Crippen molar-refractivity contribution in [3.63, 3.8) is 0 Å². The highest BCUT2D eigenvalue weighted by Crippen LogP contribution is 2.37. The van der Waals surface area contributed by atoms with Crippen molar-refractivity contribution in [2.45, 2.75) is 35.7 Å². The van der Waals surface area contributed by atoms with Gasteiger partial charge in [0.15, 0.2) is 0 Å². The zero-order valence-corrected chi connectivity index (χ0v) is 15.7. The van der Waals surface area contributed by atoms with Crippen LogP contribution in [0.3, 0.4) is 0 Å². The first-order chi connectivity index (χ1) is 12.3. The number of nitrogens with one attached hydrogen (secondary N) is 2. The molecule has 0 saturated heterocycles. The molecule has 1 aromatic carbocycles. The second-order valence-electron chi connectivity index (χ2n) is 5.85. The number of sulfonamides is 1. The minimum Gasteiger partial charge on any atom is -0.265 e. The van der Waals surface area contributed by atoms with Crippen LogP contribution < -0.4 is 15.7 Å². The lowest BCUT2D eigenvalue weighted by Gasteiger charge is -2.13. The third-order valence-corrected chi connectivity index (χ3v) is 5.75. The molecule has 0 radical (unpaired) electrons. The number of amides is 2. The molecule has 1 aromatic heterocycles. The number of hydrogen-bond donors (Lipinski definition) is 2. The van der Waals surface area contributed by atoms with Gasteiger partial charge in [0.2, 0.25) is 5.16 Å². The molecule has 9 nitrogen and oxygen atoms in total. The highest BCUT2D eigenvalue weighted by atomic mass is 32.2. The SMILES string of the molecule is CSc1nnc(C2CC2)c(=O)n1NC(=O)NS(=O)(=O)c1ccc(C)cc1. The molecule has 26 heavy (non-hydrogen) atoms. The lowest BCUT2D eigenvalue weighted by molar-refractivity contribution is 0.253. The smallest absolute Gasteiger partial charge is 0.265 e. The van der Waals surface area contributed by atoms with Crippen molar-refractivity contribution >= 4 is 27.8 Å². The Labute approximate surface area is 154 Å². The van der Waals surface area contributed by atoms with Crippen LogP contribution in [-0.4, -0.2) is 35.6 Å². The molecular weight excluding hydrogens is 378 g/mol. The van der Waals surface area contributed by atoms with Gasteiger partial charge in [0.1, 0.15) is 5.69 Å². The van der Waals surface area contributed by atoms with Gasteiger partial charge < -0.3 is 0 Å². The highest BCUT2D eigenvalue weighted by Gasteiger charge is 2.30. The lowest BCUT2D eigenvalue weighted by atomic mass is 10.2. The third kappa shape index (κ3) is 3.88. The molecule has 1 aliphatic rings. The van der Waals surface area contributed by atoms with Crippen molar-refractivity contribution in [3.05, 3.63) is 45.9 Å². The van der Waals surface area contributed by atoms with Gasteiger partial charge in [0.05, 0.1) is 4.90 Å². The number of thioether (sulfide) groups is 1. The average molecular weight is 395 g/mol. The van der Waals surface area contributed by atoms with Gasteiger partial charge in [-0.1, -0.05) is 29.5 Å². The van der Waals surface area contributed by atoms with Gasteiger partial charge in [-0.05, 0) is 38.2 Å². The molecule has 1 aliphatic carbocycles. The van der Waals surface area contributed by atoms with E-state index < -0.39 is 21.6 Å². The van der Waals surface area contributed by atoms with E-state index >= 15 is 0 Å². The Bertz CT molecular complexity index is 998. The van der Waals surface area contributed by atoms with Crippen molar-refractivity contribution in [3.8, 4) is 0 Å². The molecule has 1 saturated carbocycles. The van der Waals surface area contributed by atoms with Crippen molar-refractivity contribution in [2.75, 3.05) is 11.7 Å². The van der Waals surface area contributed by atoms with Crippen LogP contribution in [0.1, 0.15) is 30.0 Å². The van der Waals surface area contributed by atoms with Gasteiger partial charge in [-0.15, -0.1) is 10.2 Å². The van der Waals surface area contributed by atoms with E-state index in [1.54, 1.807) is 18.4 Å². The first-order valence-electron chi connectivity index (χ1n) is 7.76. The zero-order valence-electron chi connectivity index (χ0n) is 14.1. The van der Waals surface area contributed by atoms with Crippen LogP contribution in [0.25, 0.3) is 0 Å². The normalized spacial score (nSPS) is 14.1. The van der Waals surface area contributed by atoms with Crippen molar-refractivity contribution in [1.29, 1.82) is 0 Å². The number of carbonyl (C=O) groups excluding carboxylic acids is 1. The average Bonchev–Trinajstić information content (AvgIpc) is 3.41. The largest absolute Gasteiger partial charge is 0.347 e. The van der Waals surface area contributed by atoms with Crippen LogP contribution in [-0.2, 0) is 10.0 Å². The minimum atomic E-state index is -4.06. The van der Waals surface area contributed by atoms with E-state index in [1.807, 2.05) is 11.6 Å². The van der Waals surface area contributed by atoms with Gasteiger partial charge in [-0.3, -0.25) is 4.79 Å². The van der Waals surface area contributed by atoms with Crippen LogP contribution >= 0.6 is 11.8 Å². The quantitative estimate of drug-likeness (QED) is 0.729. The number of urea groups is 1. The molecule has 2 N–H and O–H groups in total. The Morgan fingerprint density at radius 1 is 1.23 bits per heavy atom. The topological polar surface area (TPSA) is 123 Å². The molecule has 11 heteroatoms. The van der Waals surface area contributed by atoms with E-state index in [2.05, 4.69) is 15.6 Å². The highest BCUT2D eigenvalue weighted by molar-refractivity contribution is 7.98. The lowest BCUT2D eigenvalue weighted by Crippen LogP contribution is -2.43. The monoisotopic (exact) mass is 395 g/mol. The summed E-state index contributed by atoms with van der Waals surface area (Å²) in [5.41, 5.74) is 2.89. The fraction of sp³-hybridized carbons (Fsp3) is 0.333.